The molecule has 0 unspecified atom stereocenters. The van der Waals surface area contributed by atoms with Gasteiger partial charge in [0.1, 0.15) is 6.04 Å². The fourth-order valence-corrected chi connectivity index (χ4v) is 3.18. The van der Waals surface area contributed by atoms with Gasteiger partial charge in [0.2, 0.25) is 0 Å². The van der Waals surface area contributed by atoms with Crippen LogP contribution in [0.15, 0.2) is 30.4 Å². The van der Waals surface area contributed by atoms with Crippen LogP contribution in [0.1, 0.15) is 35.2 Å². The summed E-state index contributed by atoms with van der Waals surface area (Å²) in [5.41, 5.74) is 2.25. The molecule has 5 heteroatoms. The van der Waals surface area contributed by atoms with Gasteiger partial charge in [0.25, 0.3) is 0 Å². The molecule has 2 aliphatic rings. The van der Waals surface area contributed by atoms with Crippen LogP contribution in [-0.4, -0.2) is 29.7 Å². The molecule has 0 amide bonds. The van der Waals surface area contributed by atoms with Crippen LogP contribution in [0.5, 0.6) is 0 Å². The first-order valence-corrected chi connectivity index (χ1v) is 7.09. The van der Waals surface area contributed by atoms with Gasteiger partial charge in [-0.1, -0.05) is 12.2 Å². The number of anilines is 1. The topological polar surface area (TPSA) is 75.6 Å². The summed E-state index contributed by atoms with van der Waals surface area (Å²) in [6.07, 6.45) is 4.78. The van der Waals surface area contributed by atoms with Crippen LogP contribution >= 0.6 is 0 Å². The molecule has 0 saturated heterocycles. The van der Waals surface area contributed by atoms with Crippen LogP contribution in [0.25, 0.3) is 0 Å². The summed E-state index contributed by atoms with van der Waals surface area (Å²) >= 11 is 0. The first-order valence-electron chi connectivity index (χ1n) is 7.09. The lowest BCUT2D eigenvalue weighted by atomic mass is 9.79. The highest BCUT2D eigenvalue weighted by Crippen LogP contribution is 2.44. The minimum absolute atomic E-state index is 0.00699. The smallest absolute Gasteiger partial charge is 0.338 e. The molecule has 0 aromatic heterocycles. The van der Waals surface area contributed by atoms with Gasteiger partial charge in [-0.3, -0.25) is 0 Å². The standard InChI is InChI=1S/C16H17NO4/c1-2-21-16(20)9-6-7-13-12(8-9)10-4-3-5-11(10)14(17-13)15(18)19/h3-4,6-8,10-11,14,17H,2,5H2,1H3,(H,18,19)/t10-,11+,14+/m1/s1. The number of esters is 1. The van der Waals surface area contributed by atoms with E-state index in [9.17, 15) is 14.7 Å². The number of allylic oxidation sites excluding steroid dienone is 2. The van der Waals surface area contributed by atoms with E-state index in [-0.39, 0.29) is 17.8 Å². The van der Waals surface area contributed by atoms with Crippen LogP contribution in [0.3, 0.4) is 0 Å². The van der Waals surface area contributed by atoms with Crippen LogP contribution in [0.2, 0.25) is 0 Å². The Kier molecular flexibility index (Phi) is 3.41. The Morgan fingerprint density at radius 3 is 2.95 bits per heavy atom. The molecule has 1 aliphatic carbocycles. The monoisotopic (exact) mass is 287 g/mol. The predicted molar refractivity (Wildman–Crippen MR) is 77.4 cm³/mol. The lowest BCUT2D eigenvalue weighted by Gasteiger charge is -2.34. The number of carbonyl (C=O) groups is 2. The van der Waals surface area contributed by atoms with Gasteiger partial charge in [-0.05, 0) is 37.1 Å². The summed E-state index contributed by atoms with van der Waals surface area (Å²) < 4.78 is 5.02. The zero-order valence-corrected chi connectivity index (χ0v) is 11.7. The van der Waals surface area contributed by atoms with Crippen molar-refractivity contribution in [3.8, 4) is 0 Å². The predicted octanol–water partition coefficient (Wildman–Crippen LogP) is 2.40. The van der Waals surface area contributed by atoms with Crippen molar-refractivity contribution in [2.45, 2.75) is 25.3 Å². The third-order valence-electron chi connectivity index (χ3n) is 4.14. The number of carboxylic acid groups (broad SMARTS) is 1. The van der Waals surface area contributed by atoms with Gasteiger partial charge >= 0.3 is 11.9 Å². The Labute approximate surface area is 122 Å². The van der Waals surface area contributed by atoms with Crippen molar-refractivity contribution in [2.24, 2.45) is 5.92 Å². The van der Waals surface area contributed by atoms with Crippen molar-refractivity contribution >= 4 is 17.6 Å². The van der Waals surface area contributed by atoms with E-state index in [0.29, 0.717) is 12.2 Å². The van der Waals surface area contributed by atoms with Gasteiger partial charge in [-0.15, -0.1) is 0 Å². The molecule has 0 radical (unpaired) electrons. The van der Waals surface area contributed by atoms with Crippen molar-refractivity contribution < 1.29 is 19.4 Å². The molecule has 1 aromatic carbocycles. The number of hydrogen-bond acceptors (Lipinski definition) is 4. The number of hydrogen-bond donors (Lipinski definition) is 2. The number of ether oxygens (including phenoxy) is 1. The molecule has 0 saturated carbocycles. The van der Waals surface area contributed by atoms with Gasteiger partial charge in [0.05, 0.1) is 12.2 Å². The van der Waals surface area contributed by atoms with Gasteiger partial charge in [0, 0.05) is 17.5 Å². The molecular formula is C16H17NO4. The van der Waals surface area contributed by atoms with E-state index in [0.717, 1.165) is 17.7 Å². The highest BCUT2D eigenvalue weighted by atomic mass is 16.5. The maximum absolute atomic E-state index is 11.8. The first-order chi connectivity index (χ1) is 10.1. The molecular weight excluding hydrogens is 270 g/mol. The molecule has 3 atom stereocenters. The van der Waals surface area contributed by atoms with Gasteiger partial charge in [-0.2, -0.15) is 0 Å². The maximum Gasteiger partial charge on any atom is 0.338 e. The maximum atomic E-state index is 11.8. The summed E-state index contributed by atoms with van der Waals surface area (Å²) in [4.78, 5) is 23.2. The van der Waals surface area contributed by atoms with Crippen LogP contribution in [-0.2, 0) is 9.53 Å². The molecule has 0 spiro atoms. The number of carboxylic acids is 1. The summed E-state index contributed by atoms with van der Waals surface area (Å²) in [5, 5.41) is 12.4. The average Bonchev–Trinajstić information content (AvgIpc) is 2.95. The van der Waals surface area contributed by atoms with Crippen molar-refractivity contribution in [3.05, 3.63) is 41.5 Å². The number of benzene rings is 1. The molecule has 3 rings (SSSR count). The van der Waals surface area contributed by atoms with Crippen molar-refractivity contribution in [1.82, 2.24) is 0 Å². The van der Waals surface area contributed by atoms with E-state index >= 15 is 0 Å². The zero-order chi connectivity index (χ0) is 15.0. The normalized spacial score (nSPS) is 25.7. The number of carbonyl (C=O) groups excluding carboxylic acids is 1. The molecule has 1 heterocycles. The van der Waals surface area contributed by atoms with E-state index in [1.165, 1.54) is 0 Å². The number of aliphatic carboxylic acids is 1. The Bertz CT molecular complexity index is 623. The SMILES string of the molecule is CCOC(=O)c1ccc2c(c1)[C@@H]1C=CC[C@@H]1[C@@H](C(=O)O)N2. The first kappa shape index (κ1) is 13.7. The highest BCUT2D eigenvalue weighted by Gasteiger charge is 2.40. The minimum atomic E-state index is -0.839. The second-order valence-corrected chi connectivity index (χ2v) is 5.34. The third-order valence-corrected chi connectivity index (χ3v) is 4.14. The fourth-order valence-electron chi connectivity index (χ4n) is 3.18. The van der Waals surface area contributed by atoms with Crippen molar-refractivity contribution in [3.63, 3.8) is 0 Å². The summed E-state index contributed by atoms with van der Waals surface area (Å²) in [6, 6.07) is 4.65. The molecule has 21 heavy (non-hydrogen) atoms. The Balaban J connectivity index is 1.99. The third kappa shape index (κ3) is 2.28. The van der Waals surface area contributed by atoms with Crippen LogP contribution in [0.4, 0.5) is 5.69 Å². The fraction of sp³-hybridized carbons (Fsp3) is 0.375. The van der Waals surface area contributed by atoms with E-state index in [4.69, 9.17) is 4.74 Å². The Morgan fingerprint density at radius 2 is 2.24 bits per heavy atom. The number of fused-ring (bicyclic) bond motifs is 3. The second-order valence-electron chi connectivity index (χ2n) is 5.34. The molecule has 110 valence electrons. The Hall–Kier alpha value is -2.30. The molecule has 1 aromatic rings. The minimum Gasteiger partial charge on any atom is -0.480 e. The lowest BCUT2D eigenvalue weighted by Crippen LogP contribution is -2.41. The molecule has 0 fully saturated rings. The Morgan fingerprint density at radius 1 is 1.43 bits per heavy atom. The van der Waals surface area contributed by atoms with Gasteiger partial charge in [-0.25, -0.2) is 9.59 Å². The zero-order valence-electron chi connectivity index (χ0n) is 11.7. The van der Waals surface area contributed by atoms with Gasteiger partial charge in [0.15, 0.2) is 0 Å². The van der Waals surface area contributed by atoms with Gasteiger partial charge < -0.3 is 15.2 Å². The largest absolute Gasteiger partial charge is 0.480 e. The second kappa shape index (κ2) is 5.24. The molecule has 2 N–H and O–H groups in total. The molecule has 1 aliphatic heterocycles. The molecule has 0 bridgehead atoms. The van der Waals surface area contributed by atoms with E-state index in [1.807, 2.05) is 18.2 Å². The summed E-state index contributed by atoms with van der Waals surface area (Å²) in [7, 11) is 0. The highest BCUT2D eigenvalue weighted by molar-refractivity contribution is 5.91. The lowest BCUT2D eigenvalue weighted by molar-refractivity contribution is -0.139. The van der Waals surface area contributed by atoms with Crippen molar-refractivity contribution in [1.29, 1.82) is 0 Å². The molecule has 5 nitrogen and oxygen atoms in total. The quantitative estimate of drug-likeness (QED) is 0.659. The van der Waals surface area contributed by atoms with E-state index in [1.54, 1.807) is 19.1 Å². The van der Waals surface area contributed by atoms with Crippen molar-refractivity contribution in [2.75, 3.05) is 11.9 Å². The van der Waals surface area contributed by atoms with Crippen LogP contribution < -0.4 is 5.32 Å². The number of rotatable bonds is 3. The average molecular weight is 287 g/mol. The summed E-state index contributed by atoms with van der Waals surface area (Å²) in [6.45, 7) is 2.10. The number of nitrogens with one attached hydrogen (secondary N) is 1. The van der Waals surface area contributed by atoms with E-state index in [2.05, 4.69) is 5.32 Å². The van der Waals surface area contributed by atoms with Crippen LogP contribution in [0, 0.1) is 5.92 Å². The van der Waals surface area contributed by atoms with E-state index < -0.39 is 12.0 Å². The summed E-state index contributed by atoms with van der Waals surface area (Å²) in [5.74, 6) is -1.16.